The Labute approximate surface area is 149 Å². The molecule has 1 unspecified atom stereocenters. The van der Waals surface area contributed by atoms with E-state index in [4.69, 9.17) is 15.2 Å². The highest BCUT2D eigenvalue weighted by Gasteiger charge is 2.11. The lowest BCUT2D eigenvalue weighted by molar-refractivity contribution is 0.213. The van der Waals surface area contributed by atoms with Gasteiger partial charge in [0.2, 0.25) is 0 Å². The first kappa shape index (κ1) is 17.1. The number of ether oxygens (including phenoxy) is 2. The van der Waals surface area contributed by atoms with Crippen LogP contribution in [-0.2, 0) is 6.61 Å². The molecule has 3 rings (SSSR count). The first-order valence-electron chi connectivity index (χ1n) is 8.44. The zero-order valence-electron chi connectivity index (χ0n) is 14.4. The minimum Gasteiger partial charge on any atom is -0.489 e. The number of aryl methyl sites for hydroxylation is 1. The zero-order chi connectivity index (χ0) is 17.5. The maximum atomic E-state index is 6.04. The molecule has 0 saturated heterocycles. The second-order valence-corrected chi connectivity index (χ2v) is 6.00. The van der Waals surface area contributed by atoms with Gasteiger partial charge in [0.1, 0.15) is 24.2 Å². The summed E-state index contributed by atoms with van der Waals surface area (Å²) < 4.78 is 11.8. The van der Waals surface area contributed by atoms with Gasteiger partial charge in [-0.2, -0.15) is 0 Å². The van der Waals surface area contributed by atoms with Gasteiger partial charge in [0.15, 0.2) is 0 Å². The Morgan fingerprint density at radius 3 is 2.24 bits per heavy atom. The predicted octanol–water partition coefficient (Wildman–Crippen LogP) is 4.65. The molecule has 0 aromatic heterocycles. The van der Waals surface area contributed by atoms with Crippen LogP contribution in [0.15, 0.2) is 78.9 Å². The van der Waals surface area contributed by atoms with Crippen molar-refractivity contribution < 1.29 is 9.47 Å². The number of hydrogen-bond acceptors (Lipinski definition) is 3. The summed E-state index contributed by atoms with van der Waals surface area (Å²) in [7, 11) is 0. The highest BCUT2D eigenvalue weighted by atomic mass is 16.5. The molecule has 0 aliphatic heterocycles. The first-order valence-corrected chi connectivity index (χ1v) is 8.44. The van der Waals surface area contributed by atoms with Crippen LogP contribution in [0.1, 0.15) is 22.8 Å². The van der Waals surface area contributed by atoms with E-state index in [1.54, 1.807) is 0 Å². The van der Waals surface area contributed by atoms with Crippen molar-refractivity contribution in [3.05, 3.63) is 95.6 Å². The smallest absolute Gasteiger partial charge is 0.136 e. The van der Waals surface area contributed by atoms with Crippen LogP contribution in [0.25, 0.3) is 0 Å². The summed E-state index contributed by atoms with van der Waals surface area (Å²) in [6, 6.07) is 26.0. The Morgan fingerprint density at radius 1 is 0.840 bits per heavy atom. The fourth-order valence-corrected chi connectivity index (χ4v) is 2.64. The third kappa shape index (κ3) is 4.85. The fourth-order valence-electron chi connectivity index (χ4n) is 2.64. The minimum absolute atomic E-state index is 0.156. The molecule has 0 radical (unpaired) electrons. The maximum absolute atomic E-state index is 6.04. The van der Waals surface area contributed by atoms with E-state index in [9.17, 15) is 0 Å². The van der Waals surface area contributed by atoms with E-state index in [1.165, 1.54) is 5.56 Å². The van der Waals surface area contributed by atoms with Gasteiger partial charge >= 0.3 is 0 Å². The predicted molar refractivity (Wildman–Crippen MR) is 101 cm³/mol. The molecule has 3 nitrogen and oxygen atoms in total. The molecular weight excluding hydrogens is 310 g/mol. The highest BCUT2D eigenvalue weighted by Crippen LogP contribution is 2.24. The van der Waals surface area contributed by atoms with Gasteiger partial charge in [-0.05, 0) is 42.3 Å². The van der Waals surface area contributed by atoms with Gasteiger partial charge in [-0.25, -0.2) is 0 Å². The molecule has 3 aromatic carbocycles. The molecule has 128 valence electrons. The average Bonchev–Trinajstić information content (AvgIpc) is 2.66. The van der Waals surface area contributed by atoms with Crippen LogP contribution in [0.5, 0.6) is 11.5 Å². The molecule has 0 aliphatic rings. The van der Waals surface area contributed by atoms with Crippen LogP contribution in [0.4, 0.5) is 0 Å². The summed E-state index contributed by atoms with van der Waals surface area (Å²) in [5.74, 6) is 1.60. The van der Waals surface area contributed by atoms with Crippen molar-refractivity contribution in [2.24, 2.45) is 5.73 Å². The first-order chi connectivity index (χ1) is 12.2. The number of hydrogen-bond donors (Lipinski definition) is 1. The van der Waals surface area contributed by atoms with Crippen molar-refractivity contribution in [3.63, 3.8) is 0 Å². The van der Waals surface area contributed by atoms with Gasteiger partial charge in [-0.15, -0.1) is 0 Å². The molecule has 3 heteroatoms. The van der Waals surface area contributed by atoms with Gasteiger partial charge in [-0.1, -0.05) is 60.2 Å². The Bertz CT molecular complexity index is 785. The lowest BCUT2D eigenvalue weighted by atomic mass is 10.1. The molecule has 0 fully saturated rings. The van der Waals surface area contributed by atoms with Crippen LogP contribution in [0, 0.1) is 6.92 Å². The van der Waals surface area contributed by atoms with Crippen molar-refractivity contribution in [2.45, 2.75) is 19.6 Å². The summed E-state index contributed by atoms with van der Waals surface area (Å²) in [5, 5.41) is 0. The highest BCUT2D eigenvalue weighted by molar-refractivity contribution is 5.33. The molecule has 0 heterocycles. The van der Waals surface area contributed by atoms with Gasteiger partial charge in [0, 0.05) is 6.54 Å². The molecular formula is C22H23NO2. The third-order valence-electron chi connectivity index (χ3n) is 3.98. The van der Waals surface area contributed by atoms with Gasteiger partial charge in [-0.3, -0.25) is 0 Å². The lowest BCUT2D eigenvalue weighted by Crippen LogP contribution is -2.18. The molecule has 0 aliphatic carbocycles. The molecule has 0 bridgehead atoms. The maximum Gasteiger partial charge on any atom is 0.136 e. The zero-order valence-corrected chi connectivity index (χ0v) is 14.4. The average molecular weight is 333 g/mol. The topological polar surface area (TPSA) is 44.5 Å². The standard InChI is InChI=1S/C22H23NO2/c1-17-6-5-9-19(14-17)22(15-23)25-21-12-10-20(11-13-21)24-16-18-7-3-2-4-8-18/h2-14,22H,15-16,23H2,1H3. The third-order valence-corrected chi connectivity index (χ3v) is 3.98. The summed E-state index contributed by atoms with van der Waals surface area (Å²) in [6.07, 6.45) is -0.156. The summed E-state index contributed by atoms with van der Waals surface area (Å²) in [6.45, 7) is 3.04. The largest absolute Gasteiger partial charge is 0.489 e. The van der Waals surface area contributed by atoms with Gasteiger partial charge < -0.3 is 15.2 Å². The van der Waals surface area contributed by atoms with E-state index >= 15 is 0 Å². The molecule has 1 atom stereocenters. The molecule has 25 heavy (non-hydrogen) atoms. The van der Waals surface area contributed by atoms with Crippen molar-refractivity contribution >= 4 is 0 Å². The Hall–Kier alpha value is -2.78. The molecule has 0 amide bonds. The van der Waals surface area contributed by atoms with Crippen LogP contribution < -0.4 is 15.2 Å². The SMILES string of the molecule is Cc1cccc(C(CN)Oc2ccc(OCc3ccccc3)cc2)c1. The van der Waals surface area contributed by atoms with Crippen molar-refractivity contribution in [3.8, 4) is 11.5 Å². The fraction of sp³-hybridized carbons (Fsp3) is 0.182. The Morgan fingerprint density at radius 2 is 1.56 bits per heavy atom. The van der Waals surface area contributed by atoms with Gasteiger partial charge in [0.25, 0.3) is 0 Å². The number of benzene rings is 3. The molecule has 3 aromatic rings. The quantitative estimate of drug-likeness (QED) is 0.684. The van der Waals surface area contributed by atoms with Crippen LogP contribution in [0.3, 0.4) is 0 Å². The number of nitrogens with two attached hydrogens (primary N) is 1. The molecule has 0 spiro atoms. The Balaban J connectivity index is 1.61. The van der Waals surface area contributed by atoms with Crippen LogP contribution in [-0.4, -0.2) is 6.54 Å². The second kappa shape index (κ2) is 8.36. The van der Waals surface area contributed by atoms with Crippen molar-refractivity contribution in [2.75, 3.05) is 6.54 Å². The van der Waals surface area contributed by atoms with E-state index in [0.29, 0.717) is 13.2 Å². The number of rotatable bonds is 7. The molecule has 0 saturated carbocycles. The monoisotopic (exact) mass is 333 g/mol. The van der Waals surface area contributed by atoms with Gasteiger partial charge in [0.05, 0.1) is 0 Å². The van der Waals surface area contributed by atoms with E-state index in [0.717, 1.165) is 22.6 Å². The van der Waals surface area contributed by atoms with Crippen molar-refractivity contribution in [1.29, 1.82) is 0 Å². The van der Waals surface area contributed by atoms with Crippen molar-refractivity contribution in [1.82, 2.24) is 0 Å². The van der Waals surface area contributed by atoms with E-state index in [-0.39, 0.29) is 6.10 Å². The van der Waals surface area contributed by atoms with E-state index in [2.05, 4.69) is 19.1 Å². The Kier molecular flexibility index (Phi) is 5.70. The van der Waals surface area contributed by atoms with E-state index < -0.39 is 0 Å². The lowest BCUT2D eigenvalue weighted by Gasteiger charge is -2.18. The normalized spacial score (nSPS) is 11.8. The summed E-state index contributed by atoms with van der Waals surface area (Å²) in [5.41, 5.74) is 9.33. The van der Waals surface area contributed by atoms with Crippen LogP contribution in [0.2, 0.25) is 0 Å². The molecule has 2 N–H and O–H groups in total. The van der Waals surface area contributed by atoms with E-state index in [1.807, 2.05) is 66.7 Å². The summed E-state index contributed by atoms with van der Waals surface area (Å²) >= 11 is 0. The van der Waals surface area contributed by atoms with Crippen LogP contribution >= 0.6 is 0 Å². The summed E-state index contributed by atoms with van der Waals surface area (Å²) in [4.78, 5) is 0. The second-order valence-electron chi connectivity index (χ2n) is 6.00. The minimum atomic E-state index is -0.156.